The van der Waals surface area contributed by atoms with Gasteiger partial charge in [-0.15, -0.1) is 11.3 Å². The van der Waals surface area contributed by atoms with Crippen LogP contribution < -0.4 is 4.90 Å². The molecule has 4 aromatic rings. The fourth-order valence-electron chi connectivity index (χ4n) is 4.00. The lowest BCUT2D eigenvalue weighted by atomic mass is 9.96. The number of fused-ring (bicyclic) bond motifs is 1. The van der Waals surface area contributed by atoms with E-state index in [1.165, 1.54) is 27.6 Å². The van der Waals surface area contributed by atoms with E-state index in [1.54, 1.807) is 17.5 Å². The van der Waals surface area contributed by atoms with Crippen molar-refractivity contribution < 1.29 is 14.7 Å². The quantitative estimate of drug-likeness (QED) is 0.228. The van der Waals surface area contributed by atoms with Gasteiger partial charge in [0.25, 0.3) is 5.91 Å². The maximum Gasteiger partial charge on any atom is 0.296 e. The Morgan fingerprint density at radius 1 is 1.16 bits per heavy atom. The normalized spacial score (nSPS) is 16.4. The van der Waals surface area contributed by atoms with Crippen LogP contribution in [0, 0.1) is 17.4 Å². The highest BCUT2D eigenvalue weighted by Gasteiger charge is 2.46. The molecule has 0 saturated heterocycles. The van der Waals surface area contributed by atoms with Crippen LogP contribution in [0.15, 0.2) is 65.2 Å². The van der Waals surface area contributed by atoms with Gasteiger partial charge in [-0.2, -0.15) is 0 Å². The van der Waals surface area contributed by atoms with E-state index in [0.717, 1.165) is 30.5 Å². The third-order valence-electron chi connectivity index (χ3n) is 5.41. The van der Waals surface area contributed by atoms with Crippen LogP contribution >= 0.6 is 45.3 Å². The summed E-state index contributed by atoms with van der Waals surface area (Å²) in [4.78, 5) is 33.3. The number of aryl methyl sites for hydroxylation is 2. The largest absolute Gasteiger partial charge is 0.503 e. The molecule has 160 valence electrons. The number of halogens is 1. The summed E-state index contributed by atoms with van der Waals surface area (Å²) in [5.74, 6) is -1.47. The number of benzene rings is 2. The number of ketones is 1. The zero-order valence-corrected chi connectivity index (χ0v) is 20.9. The molecule has 5 rings (SSSR count). The molecule has 32 heavy (non-hydrogen) atoms. The lowest BCUT2D eigenvalue weighted by molar-refractivity contribution is -0.117. The fraction of sp³-hybridized carbons (Fsp3) is 0.125. The first-order chi connectivity index (χ1) is 15.3. The first-order valence-corrected chi connectivity index (χ1v) is 12.6. The summed E-state index contributed by atoms with van der Waals surface area (Å²) in [6, 6.07) is 14.4. The van der Waals surface area contributed by atoms with E-state index in [-0.39, 0.29) is 11.4 Å². The second-order valence-corrected chi connectivity index (χ2v) is 10.8. The van der Waals surface area contributed by atoms with Crippen LogP contribution in [-0.4, -0.2) is 21.8 Å². The van der Waals surface area contributed by atoms with Crippen molar-refractivity contribution in [2.45, 2.75) is 19.9 Å². The van der Waals surface area contributed by atoms with Gasteiger partial charge in [0.1, 0.15) is 0 Å². The van der Waals surface area contributed by atoms with Crippen molar-refractivity contribution in [3.8, 4) is 0 Å². The van der Waals surface area contributed by atoms with Crippen LogP contribution in [-0.2, 0) is 4.79 Å². The smallest absolute Gasteiger partial charge is 0.296 e. The summed E-state index contributed by atoms with van der Waals surface area (Å²) >= 11 is 4.88. The predicted molar refractivity (Wildman–Crippen MR) is 137 cm³/mol. The summed E-state index contributed by atoms with van der Waals surface area (Å²) in [5.41, 5.74) is 3.79. The number of thiazole rings is 1. The van der Waals surface area contributed by atoms with Crippen LogP contribution in [0.1, 0.15) is 32.4 Å². The number of nitrogens with zero attached hydrogens (tertiary/aromatic N) is 2. The van der Waals surface area contributed by atoms with Crippen molar-refractivity contribution >= 4 is 72.3 Å². The topological polar surface area (TPSA) is 70.5 Å². The summed E-state index contributed by atoms with van der Waals surface area (Å²) in [5, 5.41) is 13.1. The average Bonchev–Trinajstić information content (AvgIpc) is 3.48. The maximum absolute atomic E-state index is 13.4. The number of aliphatic hydroxyl groups excluding tert-OH is 1. The van der Waals surface area contributed by atoms with E-state index in [0.29, 0.717) is 10.0 Å². The summed E-state index contributed by atoms with van der Waals surface area (Å²) in [6.45, 7) is 4.01. The molecule has 0 bridgehead atoms. The third kappa shape index (κ3) is 3.46. The Balaban J connectivity index is 1.70. The lowest BCUT2D eigenvalue weighted by Gasteiger charge is -2.24. The van der Waals surface area contributed by atoms with Crippen LogP contribution in [0.3, 0.4) is 0 Å². The van der Waals surface area contributed by atoms with Crippen molar-refractivity contribution in [1.82, 2.24) is 4.98 Å². The molecular formula is C24H17IN2O3S2. The first kappa shape index (κ1) is 21.3. The Hall–Kier alpha value is -2.56. The molecule has 1 atom stereocenters. The van der Waals surface area contributed by atoms with E-state index in [2.05, 4.69) is 28.7 Å². The second-order valence-electron chi connectivity index (χ2n) is 7.62. The number of carbonyl (C=O) groups excluding carboxylic acids is 2. The van der Waals surface area contributed by atoms with Crippen LogP contribution in [0.4, 0.5) is 5.13 Å². The number of carbonyl (C=O) groups is 2. The number of amides is 1. The number of rotatable bonds is 4. The van der Waals surface area contributed by atoms with Gasteiger partial charge in [-0.1, -0.05) is 35.6 Å². The SMILES string of the molecule is Cc1cc(C)c2nc(N3C(=O)C(O)=C(C(=O)c4cccs4)C3c3ccc(I)cc3)sc2c1. The number of hydrogen-bond acceptors (Lipinski definition) is 6. The maximum atomic E-state index is 13.4. The number of Topliss-reactive ketones (excluding diaryl/α,β-unsaturated/α-hetero) is 1. The van der Waals surface area contributed by atoms with Crippen LogP contribution in [0.2, 0.25) is 0 Å². The zero-order chi connectivity index (χ0) is 22.6. The number of hydrogen-bond donors (Lipinski definition) is 1. The minimum absolute atomic E-state index is 0.0887. The summed E-state index contributed by atoms with van der Waals surface area (Å²) in [7, 11) is 0. The minimum Gasteiger partial charge on any atom is -0.503 e. The van der Waals surface area contributed by atoms with E-state index < -0.39 is 17.7 Å². The molecule has 1 N–H and O–H groups in total. The number of anilines is 1. The van der Waals surface area contributed by atoms with Gasteiger partial charge >= 0.3 is 0 Å². The molecule has 2 aromatic carbocycles. The van der Waals surface area contributed by atoms with E-state index in [9.17, 15) is 14.7 Å². The fourth-order valence-corrected chi connectivity index (χ4v) is 6.20. The van der Waals surface area contributed by atoms with Gasteiger partial charge in [-0.05, 0) is 82.8 Å². The number of aliphatic hydroxyl groups is 1. The third-order valence-corrected chi connectivity index (χ3v) is 8.00. The van der Waals surface area contributed by atoms with Gasteiger partial charge in [0, 0.05) is 3.57 Å². The highest BCUT2D eigenvalue weighted by atomic mass is 127. The molecule has 1 unspecified atom stereocenters. The van der Waals surface area contributed by atoms with Crippen molar-refractivity contribution in [2.24, 2.45) is 0 Å². The minimum atomic E-state index is -0.754. The highest BCUT2D eigenvalue weighted by molar-refractivity contribution is 14.1. The number of thiophene rings is 1. The van der Waals surface area contributed by atoms with E-state index in [4.69, 9.17) is 4.98 Å². The van der Waals surface area contributed by atoms with Gasteiger partial charge in [-0.3, -0.25) is 14.5 Å². The molecule has 0 spiro atoms. The standard InChI is InChI=1S/C24H17IN2O3S2/c1-12-10-13(2)19-17(11-12)32-24(26-19)27-20(14-5-7-15(25)8-6-14)18(22(29)23(27)30)21(28)16-4-3-9-31-16/h3-11,20,29H,1-2H3. The van der Waals surface area contributed by atoms with Crippen LogP contribution in [0.5, 0.6) is 0 Å². The highest BCUT2D eigenvalue weighted by Crippen LogP contribution is 2.44. The molecule has 0 saturated carbocycles. The average molecular weight is 572 g/mol. The summed E-state index contributed by atoms with van der Waals surface area (Å²) in [6.07, 6.45) is 0. The van der Waals surface area contributed by atoms with Crippen LogP contribution in [0.25, 0.3) is 10.2 Å². The summed E-state index contributed by atoms with van der Waals surface area (Å²) < 4.78 is 2.00. The Morgan fingerprint density at radius 2 is 1.91 bits per heavy atom. The van der Waals surface area contributed by atoms with Gasteiger partial charge in [0.05, 0.1) is 26.7 Å². The molecule has 5 nitrogen and oxygen atoms in total. The van der Waals surface area contributed by atoms with Crippen molar-refractivity contribution in [1.29, 1.82) is 0 Å². The van der Waals surface area contributed by atoms with Crippen molar-refractivity contribution in [2.75, 3.05) is 4.90 Å². The van der Waals surface area contributed by atoms with E-state index in [1.807, 2.05) is 44.2 Å². The van der Waals surface area contributed by atoms with Gasteiger partial charge < -0.3 is 5.11 Å². The molecule has 0 aliphatic carbocycles. The van der Waals surface area contributed by atoms with Gasteiger partial charge in [0.2, 0.25) is 5.78 Å². The molecule has 3 heterocycles. The first-order valence-electron chi connectivity index (χ1n) is 9.83. The molecular weight excluding hydrogens is 555 g/mol. The van der Waals surface area contributed by atoms with E-state index >= 15 is 0 Å². The molecule has 0 radical (unpaired) electrons. The molecule has 0 fully saturated rings. The Labute approximate surface area is 206 Å². The van der Waals surface area contributed by atoms with Gasteiger partial charge in [-0.25, -0.2) is 4.98 Å². The monoisotopic (exact) mass is 572 g/mol. The predicted octanol–water partition coefficient (Wildman–Crippen LogP) is 6.36. The molecule has 1 aliphatic heterocycles. The molecule has 1 aliphatic rings. The Bertz CT molecular complexity index is 1410. The van der Waals surface area contributed by atoms with Crippen molar-refractivity contribution in [3.63, 3.8) is 0 Å². The number of aromatic nitrogens is 1. The van der Waals surface area contributed by atoms with Crippen molar-refractivity contribution in [3.05, 3.63) is 90.4 Å². The Kier molecular flexibility index (Phi) is 5.39. The zero-order valence-electron chi connectivity index (χ0n) is 17.1. The van der Waals surface area contributed by atoms with Gasteiger partial charge in [0.15, 0.2) is 10.9 Å². The lowest BCUT2D eigenvalue weighted by Crippen LogP contribution is -2.30. The molecule has 1 amide bonds. The molecule has 8 heteroatoms. The molecule has 2 aromatic heterocycles. The second kappa shape index (κ2) is 8.09. The Morgan fingerprint density at radius 3 is 2.59 bits per heavy atom.